The van der Waals surface area contributed by atoms with Crippen molar-refractivity contribution in [3.05, 3.63) is 43.3 Å². The van der Waals surface area contributed by atoms with Crippen molar-refractivity contribution in [2.45, 2.75) is 0 Å². The van der Waals surface area contributed by atoms with Crippen LogP contribution < -0.4 is 11.2 Å². The van der Waals surface area contributed by atoms with E-state index in [1.807, 2.05) is 4.98 Å². The van der Waals surface area contributed by atoms with Crippen molar-refractivity contribution in [3.8, 4) is 0 Å². The summed E-state index contributed by atoms with van der Waals surface area (Å²) in [5, 5.41) is 0.108. The zero-order valence-corrected chi connectivity index (χ0v) is 8.31. The Morgan fingerprint density at radius 1 is 1.21 bits per heavy atom. The number of aromatic amines is 2. The fraction of sp³-hybridized carbons (Fsp3) is 0. The van der Waals surface area contributed by atoms with E-state index in [-0.39, 0.29) is 10.9 Å². The number of aromatic nitrogens is 2. The SMILES string of the molecule is O=c1[nH]c(=O)c2cc(Br)cc(F)c2[nH]1. The molecule has 0 aliphatic rings. The van der Waals surface area contributed by atoms with Crippen LogP contribution in [0.5, 0.6) is 0 Å². The minimum Gasteiger partial charge on any atom is -0.304 e. The molecule has 4 nitrogen and oxygen atoms in total. The number of H-pyrrole nitrogens is 2. The molecule has 1 aromatic carbocycles. The Morgan fingerprint density at radius 2 is 1.93 bits per heavy atom. The first-order valence-corrected chi connectivity index (χ1v) is 4.48. The van der Waals surface area contributed by atoms with Crippen molar-refractivity contribution in [2.75, 3.05) is 0 Å². The van der Waals surface area contributed by atoms with Crippen LogP contribution in [0, 0.1) is 5.82 Å². The lowest BCUT2D eigenvalue weighted by molar-refractivity contribution is 0.635. The first-order valence-electron chi connectivity index (χ1n) is 3.69. The third-order valence-electron chi connectivity index (χ3n) is 1.77. The van der Waals surface area contributed by atoms with Gasteiger partial charge in [0.2, 0.25) is 0 Å². The number of rotatable bonds is 0. The standard InChI is InChI=1S/C8H4BrFN2O2/c9-3-1-4-6(5(10)2-3)11-8(14)12-7(4)13/h1-2H,(H2,11,12,13,14). The van der Waals surface area contributed by atoms with Crippen molar-refractivity contribution < 1.29 is 4.39 Å². The molecule has 0 saturated carbocycles. The highest BCUT2D eigenvalue weighted by atomic mass is 79.9. The van der Waals surface area contributed by atoms with Gasteiger partial charge in [0.05, 0.1) is 10.9 Å². The number of fused-ring (bicyclic) bond motifs is 1. The van der Waals surface area contributed by atoms with Crippen LogP contribution in [0.3, 0.4) is 0 Å². The summed E-state index contributed by atoms with van der Waals surface area (Å²) in [5.74, 6) is -0.641. The molecule has 0 fully saturated rings. The van der Waals surface area contributed by atoms with Gasteiger partial charge in [-0.15, -0.1) is 0 Å². The summed E-state index contributed by atoms with van der Waals surface area (Å²) in [6, 6.07) is 2.62. The molecular formula is C8H4BrFN2O2. The lowest BCUT2D eigenvalue weighted by atomic mass is 10.2. The molecule has 0 saturated heterocycles. The Morgan fingerprint density at radius 3 is 2.64 bits per heavy atom. The summed E-state index contributed by atoms with van der Waals surface area (Å²) in [7, 11) is 0. The molecule has 0 amide bonds. The number of hydrogen-bond acceptors (Lipinski definition) is 2. The van der Waals surface area contributed by atoms with Crippen LogP contribution in [0.1, 0.15) is 0 Å². The van der Waals surface area contributed by atoms with Crippen molar-refractivity contribution in [3.63, 3.8) is 0 Å². The summed E-state index contributed by atoms with van der Waals surface area (Å²) >= 11 is 3.05. The lowest BCUT2D eigenvalue weighted by Crippen LogP contribution is -2.22. The van der Waals surface area contributed by atoms with Gasteiger partial charge >= 0.3 is 5.69 Å². The third-order valence-corrected chi connectivity index (χ3v) is 2.22. The van der Waals surface area contributed by atoms with Crippen LogP contribution in [0.15, 0.2) is 26.2 Å². The van der Waals surface area contributed by atoms with E-state index in [1.54, 1.807) is 0 Å². The van der Waals surface area contributed by atoms with Crippen molar-refractivity contribution >= 4 is 26.8 Å². The van der Waals surface area contributed by atoms with E-state index in [2.05, 4.69) is 20.9 Å². The first kappa shape index (κ1) is 9.14. The Kier molecular flexibility index (Phi) is 1.99. The van der Waals surface area contributed by atoms with Crippen molar-refractivity contribution in [1.82, 2.24) is 9.97 Å². The minimum absolute atomic E-state index is 0.0815. The van der Waals surface area contributed by atoms with Gasteiger partial charge in [-0.1, -0.05) is 15.9 Å². The first-order chi connectivity index (χ1) is 6.58. The lowest BCUT2D eigenvalue weighted by Gasteiger charge is -1.98. The molecule has 0 radical (unpaired) electrons. The van der Waals surface area contributed by atoms with E-state index in [4.69, 9.17) is 0 Å². The molecule has 0 aliphatic heterocycles. The van der Waals surface area contributed by atoms with Crippen LogP contribution >= 0.6 is 15.9 Å². The largest absolute Gasteiger partial charge is 0.326 e. The fourth-order valence-electron chi connectivity index (χ4n) is 1.19. The maximum Gasteiger partial charge on any atom is 0.326 e. The average molecular weight is 259 g/mol. The van der Waals surface area contributed by atoms with Gasteiger partial charge in [-0.3, -0.25) is 9.78 Å². The molecule has 2 N–H and O–H groups in total. The van der Waals surface area contributed by atoms with E-state index in [9.17, 15) is 14.0 Å². The van der Waals surface area contributed by atoms with Crippen LogP contribution in [0.25, 0.3) is 10.9 Å². The molecule has 14 heavy (non-hydrogen) atoms. The summed E-state index contributed by atoms with van der Waals surface area (Å²) in [6.07, 6.45) is 0. The van der Waals surface area contributed by atoms with Gasteiger partial charge < -0.3 is 4.98 Å². The monoisotopic (exact) mass is 258 g/mol. The molecule has 0 spiro atoms. The second kappa shape index (κ2) is 3.06. The molecule has 2 rings (SSSR count). The van der Waals surface area contributed by atoms with Gasteiger partial charge in [0.25, 0.3) is 5.56 Å². The van der Waals surface area contributed by atoms with Gasteiger partial charge in [0.15, 0.2) is 0 Å². The highest BCUT2D eigenvalue weighted by molar-refractivity contribution is 9.10. The number of hydrogen-bond donors (Lipinski definition) is 2. The molecule has 72 valence electrons. The zero-order valence-electron chi connectivity index (χ0n) is 6.73. The molecule has 0 unspecified atom stereocenters. The Hall–Kier alpha value is -1.43. The van der Waals surface area contributed by atoms with Crippen molar-refractivity contribution in [2.24, 2.45) is 0 Å². The normalized spacial score (nSPS) is 10.7. The highest BCUT2D eigenvalue weighted by Crippen LogP contribution is 2.17. The molecule has 0 bridgehead atoms. The van der Waals surface area contributed by atoms with Crippen molar-refractivity contribution in [1.29, 1.82) is 0 Å². The highest BCUT2D eigenvalue weighted by Gasteiger charge is 2.06. The quantitative estimate of drug-likeness (QED) is 0.744. The van der Waals surface area contributed by atoms with Crippen LogP contribution in [-0.2, 0) is 0 Å². The Labute approximate surface area is 84.9 Å². The van der Waals surface area contributed by atoms with Gasteiger partial charge in [-0.25, -0.2) is 9.18 Å². The minimum atomic E-state index is -0.719. The molecule has 2 aromatic rings. The average Bonchev–Trinajstić information content (AvgIpc) is 2.07. The molecule has 0 aliphatic carbocycles. The topological polar surface area (TPSA) is 65.7 Å². The fourth-order valence-corrected chi connectivity index (χ4v) is 1.62. The maximum atomic E-state index is 13.3. The molecule has 1 aromatic heterocycles. The summed E-state index contributed by atoms with van der Waals surface area (Å²) in [5.41, 5.74) is -1.41. The van der Waals surface area contributed by atoms with E-state index in [1.165, 1.54) is 12.1 Å². The van der Waals surface area contributed by atoms with Crippen LogP contribution in [-0.4, -0.2) is 9.97 Å². The van der Waals surface area contributed by atoms with Gasteiger partial charge in [-0.2, -0.15) is 0 Å². The van der Waals surface area contributed by atoms with E-state index in [0.717, 1.165) is 0 Å². The Balaban J connectivity index is 3.10. The second-order valence-corrected chi connectivity index (χ2v) is 3.63. The predicted octanol–water partition coefficient (Wildman–Crippen LogP) is 1.12. The van der Waals surface area contributed by atoms with Gasteiger partial charge in [0, 0.05) is 4.47 Å². The number of nitrogens with one attached hydrogen (secondary N) is 2. The number of halogens is 2. The van der Waals surface area contributed by atoms with Crippen LogP contribution in [0.2, 0.25) is 0 Å². The third kappa shape index (κ3) is 1.37. The predicted molar refractivity (Wildman–Crippen MR) is 52.8 cm³/mol. The van der Waals surface area contributed by atoms with E-state index < -0.39 is 17.1 Å². The molecular weight excluding hydrogens is 255 g/mol. The summed E-state index contributed by atoms with van der Waals surface area (Å²) in [6.45, 7) is 0. The maximum absolute atomic E-state index is 13.3. The summed E-state index contributed by atoms with van der Waals surface area (Å²) < 4.78 is 13.7. The van der Waals surface area contributed by atoms with E-state index in [0.29, 0.717) is 4.47 Å². The molecule has 1 heterocycles. The van der Waals surface area contributed by atoms with Gasteiger partial charge in [-0.05, 0) is 12.1 Å². The molecule has 6 heteroatoms. The summed E-state index contributed by atoms with van der Waals surface area (Å²) in [4.78, 5) is 26.3. The Bertz CT molecular complexity index is 617. The zero-order chi connectivity index (χ0) is 10.3. The van der Waals surface area contributed by atoms with E-state index >= 15 is 0 Å². The van der Waals surface area contributed by atoms with Crippen LogP contribution in [0.4, 0.5) is 4.39 Å². The van der Waals surface area contributed by atoms with Gasteiger partial charge in [0.1, 0.15) is 5.82 Å². The number of benzene rings is 1. The second-order valence-electron chi connectivity index (χ2n) is 2.72. The molecule has 0 atom stereocenters. The smallest absolute Gasteiger partial charge is 0.304 e.